The summed E-state index contributed by atoms with van der Waals surface area (Å²) < 4.78 is 7.25. The van der Waals surface area contributed by atoms with Crippen LogP contribution in [-0.4, -0.2) is 74.3 Å². The van der Waals surface area contributed by atoms with Crippen molar-refractivity contribution in [2.75, 3.05) is 32.8 Å². The Bertz CT molecular complexity index is 1070. The Morgan fingerprint density at radius 2 is 1.71 bits per heavy atom. The van der Waals surface area contributed by atoms with Crippen molar-refractivity contribution in [2.45, 2.75) is 32.2 Å². The Morgan fingerprint density at radius 3 is 2.45 bits per heavy atom. The van der Waals surface area contributed by atoms with E-state index in [1.165, 1.54) is 4.90 Å². The van der Waals surface area contributed by atoms with E-state index in [2.05, 4.69) is 15.1 Å². The van der Waals surface area contributed by atoms with Crippen LogP contribution < -0.4 is 0 Å². The first kappa shape index (κ1) is 20.2. The summed E-state index contributed by atoms with van der Waals surface area (Å²) in [7, 11) is 0. The number of ether oxygens (including phenoxy) is 1. The van der Waals surface area contributed by atoms with Gasteiger partial charge in [-0.2, -0.15) is 9.61 Å². The highest BCUT2D eigenvalue weighted by Crippen LogP contribution is 2.23. The molecule has 4 heterocycles. The lowest BCUT2D eigenvalue weighted by molar-refractivity contribution is 0.0328. The van der Waals surface area contributed by atoms with Gasteiger partial charge in [-0.1, -0.05) is 29.9 Å². The second-order valence-corrected chi connectivity index (χ2v) is 8.85. The first-order chi connectivity index (χ1) is 15.2. The molecule has 0 N–H and O–H groups in total. The molecule has 162 valence electrons. The van der Waals surface area contributed by atoms with Gasteiger partial charge in [0.05, 0.1) is 30.9 Å². The monoisotopic (exact) mass is 440 g/mol. The van der Waals surface area contributed by atoms with Gasteiger partial charge in [-0.3, -0.25) is 19.4 Å². The van der Waals surface area contributed by atoms with Gasteiger partial charge in [0.25, 0.3) is 11.8 Å². The van der Waals surface area contributed by atoms with E-state index >= 15 is 0 Å². The maximum absolute atomic E-state index is 12.4. The standard InChI is InChI=1S/C21H24N6O3S/c28-19-15-6-3-4-7-16(15)20(29)26(19)9-5-1-2-8-18-24-27-17(22-23-21(27)31-18)14-25-10-12-30-13-11-25/h3-4,6-7H,1-2,5,8-14H2. The molecule has 5 rings (SSSR count). The molecule has 2 aliphatic heterocycles. The van der Waals surface area contributed by atoms with Gasteiger partial charge in [-0.05, 0) is 25.0 Å². The Kier molecular flexibility index (Phi) is 5.75. The number of hydrogen-bond donors (Lipinski definition) is 0. The number of aryl methyl sites for hydroxylation is 1. The summed E-state index contributed by atoms with van der Waals surface area (Å²) in [6, 6.07) is 7.02. The number of unbranched alkanes of at least 4 members (excludes halogenated alkanes) is 2. The Labute approximate surface area is 183 Å². The SMILES string of the molecule is O=C1c2ccccc2C(=O)N1CCCCCc1nn2c(CN3CCOCC3)nnc2s1. The van der Waals surface area contributed by atoms with Crippen molar-refractivity contribution in [1.29, 1.82) is 0 Å². The Balaban J connectivity index is 1.10. The molecule has 9 nitrogen and oxygen atoms in total. The zero-order valence-corrected chi connectivity index (χ0v) is 18.0. The predicted octanol–water partition coefficient (Wildman–Crippen LogP) is 2.03. The molecular formula is C21H24N6O3S. The molecule has 31 heavy (non-hydrogen) atoms. The highest BCUT2D eigenvalue weighted by atomic mass is 32.1. The van der Waals surface area contributed by atoms with E-state index in [1.807, 2.05) is 4.52 Å². The van der Waals surface area contributed by atoms with Crippen LogP contribution in [0.3, 0.4) is 0 Å². The van der Waals surface area contributed by atoms with Crippen molar-refractivity contribution in [3.05, 3.63) is 46.2 Å². The van der Waals surface area contributed by atoms with Crippen LogP contribution in [0.2, 0.25) is 0 Å². The van der Waals surface area contributed by atoms with Crippen LogP contribution in [0.1, 0.15) is 50.8 Å². The third-order valence-corrected chi connectivity index (χ3v) is 6.68. The van der Waals surface area contributed by atoms with Crippen molar-refractivity contribution in [2.24, 2.45) is 0 Å². The zero-order chi connectivity index (χ0) is 21.2. The zero-order valence-electron chi connectivity index (χ0n) is 17.2. The predicted molar refractivity (Wildman–Crippen MR) is 114 cm³/mol. The third kappa shape index (κ3) is 4.10. The van der Waals surface area contributed by atoms with E-state index in [0.717, 1.165) is 74.3 Å². The number of carbonyl (C=O) groups excluding carboxylic acids is 2. The Hall–Kier alpha value is -2.69. The number of aromatic nitrogens is 4. The molecule has 0 radical (unpaired) electrons. The molecule has 0 atom stereocenters. The van der Waals surface area contributed by atoms with Crippen LogP contribution in [-0.2, 0) is 17.7 Å². The lowest BCUT2D eigenvalue weighted by Gasteiger charge is -2.25. The summed E-state index contributed by atoms with van der Waals surface area (Å²) in [5, 5.41) is 14.3. The number of carbonyl (C=O) groups is 2. The molecule has 0 unspecified atom stereocenters. The van der Waals surface area contributed by atoms with Crippen molar-refractivity contribution in [1.82, 2.24) is 29.6 Å². The second-order valence-electron chi connectivity index (χ2n) is 7.81. The molecule has 2 aromatic heterocycles. The lowest BCUT2D eigenvalue weighted by atomic mass is 10.1. The highest BCUT2D eigenvalue weighted by Gasteiger charge is 2.34. The summed E-state index contributed by atoms with van der Waals surface area (Å²) in [6.07, 6.45) is 3.52. The molecule has 1 saturated heterocycles. The summed E-state index contributed by atoms with van der Waals surface area (Å²) in [5.41, 5.74) is 1.03. The van der Waals surface area contributed by atoms with Crippen molar-refractivity contribution in [3.8, 4) is 0 Å². The fourth-order valence-electron chi connectivity index (χ4n) is 4.02. The molecule has 2 aliphatic rings. The Morgan fingerprint density at radius 1 is 0.968 bits per heavy atom. The van der Waals surface area contributed by atoms with E-state index < -0.39 is 0 Å². The molecule has 0 spiro atoms. The van der Waals surface area contributed by atoms with Gasteiger partial charge < -0.3 is 4.74 Å². The number of amides is 2. The molecule has 0 aliphatic carbocycles. The number of rotatable bonds is 8. The van der Waals surface area contributed by atoms with Crippen LogP contribution in [0.15, 0.2) is 24.3 Å². The smallest absolute Gasteiger partial charge is 0.261 e. The van der Waals surface area contributed by atoms with Crippen LogP contribution in [0.25, 0.3) is 4.96 Å². The minimum Gasteiger partial charge on any atom is -0.379 e. The van der Waals surface area contributed by atoms with Crippen molar-refractivity contribution in [3.63, 3.8) is 0 Å². The average Bonchev–Trinajstić information content (AvgIpc) is 3.43. The van der Waals surface area contributed by atoms with E-state index in [9.17, 15) is 9.59 Å². The largest absolute Gasteiger partial charge is 0.379 e. The van der Waals surface area contributed by atoms with Gasteiger partial charge in [0, 0.05) is 26.1 Å². The number of benzene rings is 1. The first-order valence-electron chi connectivity index (χ1n) is 10.7. The maximum atomic E-state index is 12.4. The normalized spacial score (nSPS) is 17.1. The van der Waals surface area contributed by atoms with Gasteiger partial charge >= 0.3 is 0 Å². The molecule has 0 saturated carbocycles. The fourth-order valence-corrected chi connectivity index (χ4v) is 4.92. The van der Waals surface area contributed by atoms with Gasteiger partial charge in [0.2, 0.25) is 4.96 Å². The number of nitrogens with zero attached hydrogens (tertiary/aromatic N) is 6. The number of hydrogen-bond acceptors (Lipinski definition) is 8. The van der Waals surface area contributed by atoms with E-state index in [1.54, 1.807) is 35.6 Å². The minimum atomic E-state index is -0.179. The number of morpholine rings is 1. The summed E-state index contributed by atoms with van der Waals surface area (Å²) in [6.45, 7) is 4.50. The topological polar surface area (TPSA) is 92.9 Å². The minimum absolute atomic E-state index is 0.179. The molecule has 2 amide bonds. The van der Waals surface area contributed by atoms with Crippen LogP contribution >= 0.6 is 11.3 Å². The van der Waals surface area contributed by atoms with Crippen molar-refractivity contribution >= 4 is 28.1 Å². The molecule has 1 fully saturated rings. The molecule has 1 aromatic carbocycles. The van der Waals surface area contributed by atoms with Crippen LogP contribution in [0.4, 0.5) is 0 Å². The second kappa shape index (κ2) is 8.81. The maximum Gasteiger partial charge on any atom is 0.261 e. The first-order valence-corrected chi connectivity index (χ1v) is 11.5. The van der Waals surface area contributed by atoms with Gasteiger partial charge in [0.1, 0.15) is 5.01 Å². The van der Waals surface area contributed by atoms with Gasteiger partial charge in [-0.15, -0.1) is 10.2 Å². The number of imide groups is 1. The third-order valence-electron chi connectivity index (χ3n) is 5.72. The summed E-state index contributed by atoms with van der Waals surface area (Å²) >= 11 is 1.57. The molecule has 0 bridgehead atoms. The van der Waals surface area contributed by atoms with Gasteiger partial charge in [-0.25, -0.2) is 0 Å². The van der Waals surface area contributed by atoms with Crippen LogP contribution in [0.5, 0.6) is 0 Å². The lowest BCUT2D eigenvalue weighted by Crippen LogP contribution is -2.36. The molecule has 10 heteroatoms. The van der Waals surface area contributed by atoms with Gasteiger partial charge in [0.15, 0.2) is 5.82 Å². The number of fused-ring (bicyclic) bond motifs is 2. The van der Waals surface area contributed by atoms with Crippen LogP contribution in [0, 0.1) is 0 Å². The summed E-state index contributed by atoms with van der Waals surface area (Å²) in [4.78, 5) is 29.3. The molecule has 3 aromatic rings. The highest BCUT2D eigenvalue weighted by molar-refractivity contribution is 7.16. The average molecular weight is 441 g/mol. The fraction of sp³-hybridized carbons (Fsp3) is 0.476. The van der Waals surface area contributed by atoms with Crippen molar-refractivity contribution < 1.29 is 14.3 Å². The van der Waals surface area contributed by atoms with E-state index in [4.69, 9.17) is 9.84 Å². The quantitative estimate of drug-likeness (QED) is 0.391. The van der Waals surface area contributed by atoms with E-state index in [0.29, 0.717) is 17.7 Å². The summed E-state index contributed by atoms with van der Waals surface area (Å²) in [5.74, 6) is 0.508. The van der Waals surface area contributed by atoms with E-state index in [-0.39, 0.29) is 11.8 Å². The molecular weight excluding hydrogens is 416 g/mol.